The predicted molar refractivity (Wildman–Crippen MR) is 199 cm³/mol. The zero-order chi connectivity index (χ0) is 31.6. The molecule has 0 saturated carbocycles. The second-order valence-corrected chi connectivity index (χ2v) is 12.3. The van der Waals surface area contributed by atoms with E-state index < -0.39 is 6.29 Å². The molecular formula is C43H29N5. The van der Waals surface area contributed by atoms with Crippen molar-refractivity contribution in [2.45, 2.75) is 6.29 Å². The minimum atomic E-state index is -0.436. The molecule has 5 nitrogen and oxygen atoms in total. The zero-order valence-corrected chi connectivity index (χ0v) is 26.0. The van der Waals surface area contributed by atoms with Gasteiger partial charge in [0.2, 0.25) is 6.29 Å². The van der Waals surface area contributed by atoms with Gasteiger partial charge in [-0.1, -0.05) is 121 Å². The molecule has 48 heavy (non-hydrogen) atoms. The van der Waals surface area contributed by atoms with Crippen LogP contribution in [0.5, 0.6) is 0 Å². The first-order chi connectivity index (χ1) is 23.8. The maximum absolute atomic E-state index is 5.46. The van der Waals surface area contributed by atoms with E-state index in [4.69, 9.17) is 9.98 Å². The summed E-state index contributed by atoms with van der Waals surface area (Å²) in [5.41, 5.74) is 7.66. The van der Waals surface area contributed by atoms with Crippen LogP contribution in [0.1, 0.15) is 17.4 Å². The molecule has 0 bridgehead atoms. The van der Waals surface area contributed by atoms with Crippen LogP contribution in [0.3, 0.4) is 0 Å². The fourth-order valence-corrected chi connectivity index (χ4v) is 7.44. The van der Waals surface area contributed by atoms with Gasteiger partial charge in [0.05, 0.1) is 22.1 Å². The molecule has 226 valence electrons. The number of fused-ring (bicyclic) bond motifs is 7. The number of nitrogens with zero attached hydrogens (tertiary/aromatic N) is 4. The van der Waals surface area contributed by atoms with Crippen LogP contribution in [0.15, 0.2) is 174 Å². The Kier molecular flexibility index (Phi) is 5.87. The number of aliphatic imine (C=N–C) groups is 2. The Morgan fingerprint density at radius 2 is 1.15 bits per heavy atom. The Morgan fingerprint density at radius 3 is 1.96 bits per heavy atom. The highest BCUT2D eigenvalue weighted by atomic mass is 15.3. The number of rotatable bonds is 4. The van der Waals surface area contributed by atoms with E-state index in [0.717, 1.165) is 50.1 Å². The van der Waals surface area contributed by atoms with Crippen LogP contribution in [0, 0.1) is 0 Å². The van der Waals surface area contributed by atoms with Crippen molar-refractivity contribution in [1.82, 2.24) is 14.5 Å². The molecule has 3 heterocycles. The lowest BCUT2D eigenvalue weighted by atomic mass is 10.0. The van der Waals surface area contributed by atoms with E-state index >= 15 is 0 Å². The molecule has 1 unspecified atom stereocenters. The first kappa shape index (κ1) is 26.7. The van der Waals surface area contributed by atoms with Gasteiger partial charge in [0.25, 0.3) is 0 Å². The highest BCUT2D eigenvalue weighted by Crippen LogP contribution is 2.38. The van der Waals surface area contributed by atoms with E-state index in [1.807, 2.05) is 6.07 Å². The average Bonchev–Trinajstić information content (AvgIpc) is 3.67. The first-order valence-corrected chi connectivity index (χ1v) is 16.3. The Labute approximate surface area is 276 Å². The SMILES string of the molecule is c1ccc(C2=NC(c3cccc4c3c3ccccc3n4-c3ccccc3)=NC(n3c4ccccc4c4cc5ccccc5cc43)N2)cc1. The lowest BCUT2D eigenvalue weighted by Crippen LogP contribution is -2.36. The second kappa shape index (κ2) is 10.5. The number of nitrogens with one attached hydrogen (secondary N) is 1. The number of benzene rings is 7. The van der Waals surface area contributed by atoms with Crippen LogP contribution in [0.25, 0.3) is 60.1 Å². The van der Waals surface area contributed by atoms with Gasteiger partial charge in [-0.2, -0.15) is 0 Å². The molecule has 2 aromatic heterocycles. The third kappa shape index (κ3) is 4.04. The summed E-state index contributed by atoms with van der Waals surface area (Å²) in [4.78, 5) is 10.7. The number of hydrogen-bond donors (Lipinski definition) is 1. The molecule has 0 aliphatic carbocycles. The number of aromatic nitrogens is 2. The van der Waals surface area contributed by atoms with Gasteiger partial charge >= 0.3 is 0 Å². The van der Waals surface area contributed by atoms with Crippen LogP contribution in [0.2, 0.25) is 0 Å². The summed E-state index contributed by atoms with van der Waals surface area (Å²) in [6.45, 7) is 0. The Bertz CT molecular complexity index is 2750. The summed E-state index contributed by atoms with van der Waals surface area (Å²) in [5, 5.41) is 10.9. The van der Waals surface area contributed by atoms with Crippen LogP contribution in [-0.2, 0) is 0 Å². The van der Waals surface area contributed by atoms with Crippen LogP contribution in [-0.4, -0.2) is 20.8 Å². The number of hydrogen-bond acceptors (Lipinski definition) is 3. The van der Waals surface area contributed by atoms with Gasteiger partial charge in [0.15, 0.2) is 5.84 Å². The largest absolute Gasteiger partial charge is 0.331 e. The molecule has 10 rings (SSSR count). The molecular weight excluding hydrogens is 587 g/mol. The molecule has 1 N–H and O–H groups in total. The fourth-order valence-electron chi connectivity index (χ4n) is 7.44. The highest BCUT2D eigenvalue weighted by molar-refractivity contribution is 6.23. The zero-order valence-electron chi connectivity index (χ0n) is 26.0. The summed E-state index contributed by atoms with van der Waals surface area (Å²) in [7, 11) is 0. The van der Waals surface area contributed by atoms with E-state index in [2.05, 4.69) is 172 Å². The maximum Gasteiger partial charge on any atom is 0.204 e. The van der Waals surface area contributed by atoms with Gasteiger partial charge in [-0.3, -0.25) is 0 Å². The summed E-state index contributed by atoms with van der Waals surface area (Å²) < 4.78 is 4.68. The topological polar surface area (TPSA) is 46.6 Å². The molecule has 1 atom stereocenters. The van der Waals surface area contributed by atoms with E-state index in [1.54, 1.807) is 0 Å². The van der Waals surface area contributed by atoms with Crippen molar-refractivity contribution < 1.29 is 0 Å². The normalized spacial score (nSPS) is 14.9. The minimum absolute atomic E-state index is 0.436. The van der Waals surface area contributed by atoms with Crippen molar-refractivity contribution in [3.8, 4) is 5.69 Å². The van der Waals surface area contributed by atoms with Crippen molar-refractivity contribution in [2.24, 2.45) is 9.98 Å². The molecule has 0 spiro atoms. The number of amidine groups is 2. The van der Waals surface area contributed by atoms with Crippen molar-refractivity contribution in [1.29, 1.82) is 0 Å². The third-order valence-corrected chi connectivity index (χ3v) is 9.55. The Morgan fingerprint density at radius 1 is 0.500 bits per heavy atom. The summed E-state index contributed by atoms with van der Waals surface area (Å²) in [6.07, 6.45) is -0.436. The molecule has 9 aromatic rings. The van der Waals surface area contributed by atoms with Gasteiger partial charge < -0.3 is 14.5 Å². The second-order valence-electron chi connectivity index (χ2n) is 12.3. The van der Waals surface area contributed by atoms with Gasteiger partial charge in [-0.25, -0.2) is 9.98 Å². The minimum Gasteiger partial charge on any atom is -0.331 e. The van der Waals surface area contributed by atoms with E-state index in [-0.39, 0.29) is 0 Å². The Balaban J connectivity index is 1.26. The predicted octanol–water partition coefficient (Wildman–Crippen LogP) is 10.00. The Hall–Kier alpha value is -6.46. The van der Waals surface area contributed by atoms with Crippen molar-refractivity contribution in [3.63, 3.8) is 0 Å². The highest BCUT2D eigenvalue weighted by Gasteiger charge is 2.26. The lowest BCUT2D eigenvalue weighted by molar-refractivity contribution is 0.516. The third-order valence-electron chi connectivity index (χ3n) is 9.55. The monoisotopic (exact) mass is 615 g/mol. The van der Waals surface area contributed by atoms with Crippen LogP contribution >= 0.6 is 0 Å². The molecule has 5 heteroatoms. The van der Waals surface area contributed by atoms with E-state index in [0.29, 0.717) is 5.84 Å². The molecule has 0 amide bonds. The first-order valence-electron chi connectivity index (χ1n) is 16.3. The quantitative estimate of drug-likeness (QED) is 0.210. The van der Waals surface area contributed by atoms with Gasteiger partial charge in [0, 0.05) is 38.4 Å². The summed E-state index contributed by atoms with van der Waals surface area (Å²) >= 11 is 0. The molecule has 0 radical (unpaired) electrons. The fraction of sp³-hybridized carbons (Fsp3) is 0.0233. The smallest absolute Gasteiger partial charge is 0.204 e. The molecule has 1 aliphatic rings. The van der Waals surface area contributed by atoms with Gasteiger partial charge in [-0.15, -0.1) is 0 Å². The lowest BCUT2D eigenvalue weighted by Gasteiger charge is -2.26. The summed E-state index contributed by atoms with van der Waals surface area (Å²) in [5.74, 6) is 1.49. The summed E-state index contributed by atoms with van der Waals surface area (Å²) in [6, 6.07) is 57.8. The molecule has 7 aromatic carbocycles. The van der Waals surface area contributed by atoms with Crippen molar-refractivity contribution in [2.75, 3.05) is 0 Å². The van der Waals surface area contributed by atoms with Crippen LogP contribution < -0.4 is 5.32 Å². The number of para-hydroxylation sites is 3. The maximum atomic E-state index is 5.46. The van der Waals surface area contributed by atoms with Crippen molar-refractivity contribution >= 4 is 66.1 Å². The standard InChI is InChI=1S/C43H29N5/c1-3-14-28(15-4-1)41-44-42(34-22-13-25-38-40(34)33-21-10-12-24-37(33)47(38)31-18-5-2-6-19-31)46-43(45-41)48-36-23-11-9-20-32(36)35-26-29-16-7-8-17-30(29)27-39(35)48/h1-27,43H,(H,44,45,46). The van der Waals surface area contributed by atoms with E-state index in [9.17, 15) is 0 Å². The van der Waals surface area contributed by atoms with Crippen molar-refractivity contribution in [3.05, 3.63) is 175 Å². The average molecular weight is 616 g/mol. The van der Waals surface area contributed by atoms with Gasteiger partial charge in [0.1, 0.15) is 5.84 Å². The van der Waals surface area contributed by atoms with E-state index in [1.165, 1.54) is 26.9 Å². The molecule has 0 fully saturated rings. The molecule has 0 saturated heterocycles. The van der Waals surface area contributed by atoms with Crippen LogP contribution in [0.4, 0.5) is 0 Å². The van der Waals surface area contributed by atoms with Gasteiger partial charge in [-0.05, 0) is 53.2 Å². The molecule has 1 aliphatic heterocycles.